The highest BCUT2D eigenvalue weighted by Crippen LogP contribution is 2.30. The highest BCUT2D eigenvalue weighted by molar-refractivity contribution is 7.89. The Bertz CT molecular complexity index is 1360. The molecule has 1 saturated heterocycles. The smallest absolute Gasteiger partial charge is 0.242 e. The van der Waals surface area contributed by atoms with Gasteiger partial charge in [-0.05, 0) is 44.2 Å². The number of likely N-dealkylation sites (N-methyl/N-ethyl adjacent to an activating group) is 1. The predicted molar refractivity (Wildman–Crippen MR) is 163 cm³/mol. The molecule has 43 heavy (non-hydrogen) atoms. The standard InChI is InChI=1S/C31H44N4O7S/c1-22-5-8-27(9-6-22)43(39,40)33(4)20-29-23(2)19-35(24(3)21-36)31(38)18-25-17-26(7-10-28(25)42-29)32-30(37)11-12-34-13-15-41-16-14-34/h5-10,17,23-24,29,36H,11-16,18-21H2,1-4H3,(H,32,37)/t23-,24-,29-/m1/s1. The molecule has 2 N–H and O–H groups in total. The van der Waals surface area contributed by atoms with Gasteiger partial charge in [-0.1, -0.05) is 24.6 Å². The van der Waals surface area contributed by atoms with Crippen LogP contribution in [0.5, 0.6) is 5.75 Å². The number of hydrogen-bond donors (Lipinski definition) is 2. The van der Waals surface area contributed by atoms with Gasteiger partial charge in [0.25, 0.3) is 0 Å². The zero-order valence-corrected chi connectivity index (χ0v) is 26.3. The van der Waals surface area contributed by atoms with Crippen molar-refractivity contribution in [3.63, 3.8) is 0 Å². The Morgan fingerprint density at radius 3 is 2.53 bits per heavy atom. The number of benzene rings is 2. The summed E-state index contributed by atoms with van der Waals surface area (Å²) in [5, 5.41) is 12.8. The SMILES string of the molecule is Cc1ccc(S(=O)(=O)N(C)C[C@H]2Oc3ccc(NC(=O)CCN4CCOCC4)cc3CC(=O)N([C@H](C)CO)C[C@H]2C)cc1. The summed E-state index contributed by atoms with van der Waals surface area (Å²) in [6.07, 6.45) is -0.263. The number of sulfonamides is 1. The molecule has 2 heterocycles. The van der Waals surface area contributed by atoms with E-state index in [1.807, 2.05) is 13.8 Å². The number of amides is 2. The molecule has 2 aromatic carbocycles. The topological polar surface area (TPSA) is 129 Å². The number of ether oxygens (including phenoxy) is 2. The number of carbonyl (C=O) groups excluding carboxylic acids is 2. The molecule has 0 unspecified atom stereocenters. The predicted octanol–water partition coefficient (Wildman–Crippen LogP) is 2.13. The van der Waals surface area contributed by atoms with Gasteiger partial charge >= 0.3 is 0 Å². The molecule has 0 aliphatic carbocycles. The molecule has 3 atom stereocenters. The zero-order chi connectivity index (χ0) is 31.1. The molecule has 2 amide bonds. The Morgan fingerprint density at radius 1 is 1.16 bits per heavy atom. The van der Waals surface area contributed by atoms with E-state index in [4.69, 9.17) is 9.47 Å². The van der Waals surface area contributed by atoms with Crippen LogP contribution in [0.3, 0.4) is 0 Å². The van der Waals surface area contributed by atoms with E-state index in [1.54, 1.807) is 54.3 Å². The Kier molecular flexibility index (Phi) is 11.2. The first-order valence-electron chi connectivity index (χ1n) is 14.8. The molecule has 0 bridgehead atoms. The van der Waals surface area contributed by atoms with E-state index in [2.05, 4.69) is 10.2 Å². The first-order chi connectivity index (χ1) is 20.5. The number of anilines is 1. The number of aliphatic hydroxyl groups excluding tert-OH is 1. The van der Waals surface area contributed by atoms with E-state index in [-0.39, 0.29) is 48.7 Å². The van der Waals surface area contributed by atoms with Crippen molar-refractivity contribution >= 4 is 27.5 Å². The molecule has 12 heteroatoms. The number of carbonyl (C=O) groups is 2. The molecule has 0 radical (unpaired) electrons. The van der Waals surface area contributed by atoms with Crippen molar-refractivity contribution in [2.24, 2.45) is 5.92 Å². The van der Waals surface area contributed by atoms with E-state index < -0.39 is 22.2 Å². The van der Waals surface area contributed by atoms with Crippen LogP contribution in [-0.2, 0) is 30.8 Å². The van der Waals surface area contributed by atoms with Crippen LogP contribution < -0.4 is 10.1 Å². The van der Waals surface area contributed by atoms with Crippen LogP contribution in [-0.4, -0.2) is 111 Å². The van der Waals surface area contributed by atoms with Crippen molar-refractivity contribution < 1.29 is 32.6 Å². The lowest BCUT2D eigenvalue weighted by atomic mass is 10.0. The Labute approximate surface area is 254 Å². The van der Waals surface area contributed by atoms with Gasteiger partial charge < -0.3 is 24.8 Å². The number of hydrogen-bond acceptors (Lipinski definition) is 8. The first-order valence-corrected chi connectivity index (χ1v) is 16.2. The monoisotopic (exact) mass is 616 g/mol. The molecule has 0 spiro atoms. The molecule has 2 aliphatic rings. The van der Waals surface area contributed by atoms with Gasteiger partial charge in [-0.2, -0.15) is 4.31 Å². The van der Waals surface area contributed by atoms with Crippen LogP contribution in [0.25, 0.3) is 0 Å². The Balaban J connectivity index is 1.56. The second-order valence-electron chi connectivity index (χ2n) is 11.6. The van der Waals surface area contributed by atoms with Gasteiger partial charge in [0, 0.05) is 56.8 Å². The molecule has 2 aromatic rings. The lowest BCUT2D eigenvalue weighted by Crippen LogP contribution is -2.48. The fraction of sp³-hybridized carbons (Fsp3) is 0.548. The highest BCUT2D eigenvalue weighted by atomic mass is 32.2. The summed E-state index contributed by atoms with van der Waals surface area (Å²) in [6, 6.07) is 11.4. The fourth-order valence-corrected chi connectivity index (χ4v) is 6.46. The fourth-order valence-electron chi connectivity index (χ4n) is 5.27. The third-order valence-electron chi connectivity index (χ3n) is 8.13. The number of aliphatic hydroxyl groups is 1. The molecule has 1 fully saturated rings. The van der Waals surface area contributed by atoms with E-state index in [0.29, 0.717) is 43.2 Å². The minimum atomic E-state index is -3.79. The summed E-state index contributed by atoms with van der Waals surface area (Å²) in [7, 11) is -2.27. The van der Waals surface area contributed by atoms with Crippen LogP contribution in [0.4, 0.5) is 5.69 Å². The lowest BCUT2D eigenvalue weighted by molar-refractivity contribution is -0.134. The van der Waals surface area contributed by atoms with Gasteiger partial charge in [0.15, 0.2) is 0 Å². The number of nitrogens with one attached hydrogen (secondary N) is 1. The van der Waals surface area contributed by atoms with Gasteiger partial charge in [-0.3, -0.25) is 14.5 Å². The quantitative estimate of drug-likeness (QED) is 0.416. The van der Waals surface area contributed by atoms with Crippen molar-refractivity contribution in [3.8, 4) is 5.75 Å². The molecule has 236 valence electrons. The minimum Gasteiger partial charge on any atom is -0.488 e. The van der Waals surface area contributed by atoms with Crippen LogP contribution in [0, 0.1) is 12.8 Å². The van der Waals surface area contributed by atoms with Crippen molar-refractivity contribution in [1.82, 2.24) is 14.1 Å². The number of morpholine rings is 1. The molecule has 0 saturated carbocycles. The average molecular weight is 617 g/mol. The second-order valence-corrected chi connectivity index (χ2v) is 13.6. The second kappa shape index (κ2) is 14.6. The number of nitrogens with zero attached hydrogens (tertiary/aromatic N) is 3. The van der Waals surface area contributed by atoms with Crippen molar-refractivity contribution in [2.45, 2.75) is 50.7 Å². The van der Waals surface area contributed by atoms with Gasteiger partial charge in [0.2, 0.25) is 21.8 Å². The minimum absolute atomic E-state index is 0.00804. The van der Waals surface area contributed by atoms with Crippen LogP contribution in [0.1, 0.15) is 31.4 Å². The number of rotatable bonds is 10. The summed E-state index contributed by atoms with van der Waals surface area (Å²) < 4.78 is 39.9. The summed E-state index contributed by atoms with van der Waals surface area (Å²) in [6.45, 7) is 9.27. The van der Waals surface area contributed by atoms with Gasteiger partial charge in [0.05, 0.1) is 43.7 Å². The maximum atomic E-state index is 13.5. The lowest BCUT2D eigenvalue weighted by Gasteiger charge is -2.33. The Hall–Kier alpha value is -3.03. The summed E-state index contributed by atoms with van der Waals surface area (Å²) >= 11 is 0. The summed E-state index contributed by atoms with van der Waals surface area (Å²) in [4.78, 5) is 30.2. The van der Waals surface area contributed by atoms with Crippen molar-refractivity contribution in [2.75, 3.05) is 64.9 Å². The van der Waals surface area contributed by atoms with Crippen LogP contribution >= 0.6 is 0 Å². The normalized spacial score (nSPS) is 20.9. The molecule has 0 aromatic heterocycles. The maximum Gasteiger partial charge on any atom is 0.242 e. The zero-order valence-electron chi connectivity index (χ0n) is 25.5. The van der Waals surface area contributed by atoms with Crippen molar-refractivity contribution in [3.05, 3.63) is 53.6 Å². The van der Waals surface area contributed by atoms with Crippen LogP contribution in [0.15, 0.2) is 47.4 Å². The highest BCUT2D eigenvalue weighted by Gasteiger charge is 2.33. The van der Waals surface area contributed by atoms with E-state index in [9.17, 15) is 23.1 Å². The molecule has 2 aliphatic heterocycles. The average Bonchev–Trinajstić information content (AvgIpc) is 3.03. The van der Waals surface area contributed by atoms with Gasteiger partial charge in [-0.15, -0.1) is 0 Å². The van der Waals surface area contributed by atoms with E-state index in [0.717, 1.165) is 18.7 Å². The molecular weight excluding hydrogens is 572 g/mol. The Morgan fingerprint density at radius 2 is 1.86 bits per heavy atom. The largest absolute Gasteiger partial charge is 0.488 e. The first kappa shape index (κ1) is 32.9. The number of aryl methyl sites for hydroxylation is 1. The molecular formula is C31H44N4O7S. The summed E-state index contributed by atoms with van der Waals surface area (Å²) in [5.41, 5.74) is 2.09. The number of fused-ring (bicyclic) bond motifs is 1. The van der Waals surface area contributed by atoms with E-state index >= 15 is 0 Å². The molecule has 4 rings (SSSR count). The van der Waals surface area contributed by atoms with E-state index in [1.165, 1.54) is 11.4 Å². The third-order valence-corrected chi connectivity index (χ3v) is 9.96. The van der Waals surface area contributed by atoms with Gasteiger partial charge in [0.1, 0.15) is 11.9 Å². The van der Waals surface area contributed by atoms with Gasteiger partial charge in [-0.25, -0.2) is 8.42 Å². The molecule has 11 nitrogen and oxygen atoms in total. The summed E-state index contributed by atoms with van der Waals surface area (Å²) in [5.74, 6) is -0.127. The van der Waals surface area contributed by atoms with Crippen LogP contribution in [0.2, 0.25) is 0 Å². The maximum absolute atomic E-state index is 13.5. The van der Waals surface area contributed by atoms with Crippen molar-refractivity contribution in [1.29, 1.82) is 0 Å². The third kappa shape index (κ3) is 8.54.